The minimum absolute atomic E-state index is 0.0859. The monoisotopic (exact) mass is 237 g/mol. The van der Waals surface area contributed by atoms with E-state index in [0.717, 1.165) is 10.0 Å². The summed E-state index contributed by atoms with van der Waals surface area (Å²) in [6, 6.07) is 5.40. The Kier molecular flexibility index (Phi) is 2.84. The number of carbonyl (C=O) groups is 1. The van der Waals surface area contributed by atoms with E-state index in [1.165, 1.54) is 6.92 Å². The van der Waals surface area contributed by atoms with Gasteiger partial charge in [0, 0.05) is 10.0 Å². The maximum atomic E-state index is 11.1. The molecule has 0 radical (unpaired) electrons. The van der Waals surface area contributed by atoms with Crippen molar-refractivity contribution in [2.45, 2.75) is 13.8 Å². The lowest BCUT2D eigenvalue weighted by Gasteiger charge is -2.03. The van der Waals surface area contributed by atoms with Crippen molar-refractivity contribution in [3.8, 4) is 6.07 Å². The Morgan fingerprint density at radius 2 is 2.15 bits per heavy atom. The lowest BCUT2D eigenvalue weighted by atomic mass is 10.0. The van der Waals surface area contributed by atoms with Crippen LogP contribution in [0.3, 0.4) is 0 Å². The molecule has 13 heavy (non-hydrogen) atoms. The van der Waals surface area contributed by atoms with Crippen molar-refractivity contribution in [2.75, 3.05) is 0 Å². The van der Waals surface area contributed by atoms with Gasteiger partial charge in [-0.25, -0.2) is 0 Å². The van der Waals surface area contributed by atoms with Gasteiger partial charge in [-0.1, -0.05) is 15.9 Å². The SMILES string of the molecule is CC(=O)c1cc(Br)c(C)cc1C#N. The Bertz CT molecular complexity index is 404. The molecule has 0 aliphatic rings. The fourth-order valence-electron chi connectivity index (χ4n) is 1.07. The third kappa shape index (κ3) is 1.96. The molecule has 0 fully saturated rings. The van der Waals surface area contributed by atoms with Crippen molar-refractivity contribution >= 4 is 21.7 Å². The third-order valence-electron chi connectivity index (χ3n) is 1.80. The lowest BCUT2D eigenvalue weighted by Crippen LogP contribution is -1.97. The second-order valence-electron chi connectivity index (χ2n) is 2.81. The number of aryl methyl sites for hydroxylation is 1. The number of Topliss-reactive ketones (excluding diaryl/α,β-unsaturated/α-hetero) is 1. The molecule has 0 aromatic heterocycles. The van der Waals surface area contributed by atoms with Crippen LogP contribution < -0.4 is 0 Å². The standard InChI is InChI=1S/C10H8BrNO/c1-6-3-8(5-12)9(7(2)13)4-10(6)11/h3-4H,1-2H3. The van der Waals surface area contributed by atoms with Crippen LogP contribution in [0.4, 0.5) is 0 Å². The van der Waals surface area contributed by atoms with Gasteiger partial charge >= 0.3 is 0 Å². The summed E-state index contributed by atoms with van der Waals surface area (Å²) in [5.74, 6) is -0.0859. The number of ketones is 1. The highest BCUT2D eigenvalue weighted by molar-refractivity contribution is 9.10. The summed E-state index contributed by atoms with van der Waals surface area (Å²) < 4.78 is 0.858. The minimum Gasteiger partial charge on any atom is -0.294 e. The fraction of sp³-hybridized carbons (Fsp3) is 0.200. The Hall–Kier alpha value is -1.14. The van der Waals surface area contributed by atoms with Gasteiger partial charge in [-0.2, -0.15) is 5.26 Å². The summed E-state index contributed by atoms with van der Waals surface area (Å²) in [6.45, 7) is 3.34. The lowest BCUT2D eigenvalue weighted by molar-refractivity contribution is 0.101. The maximum absolute atomic E-state index is 11.1. The van der Waals surface area contributed by atoms with Crippen LogP contribution in [0.15, 0.2) is 16.6 Å². The van der Waals surface area contributed by atoms with Crippen LogP contribution in [0.5, 0.6) is 0 Å². The first-order chi connectivity index (χ1) is 6.06. The van der Waals surface area contributed by atoms with Gasteiger partial charge in [0.15, 0.2) is 5.78 Å². The highest BCUT2D eigenvalue weighted by Gasteiger charge is 2.08. The molecular formula is C10H8BrNO. The van der Waals surface area contributed by atoms with Crippen LogP contribution in [0.2, 0.25) is 0 Å². The first-order valence-electron chi connectivity index (χ1n) is 3.77. The predicted octanol–water partition coefficient (Wildman–Crippen LogP) is 2.83. The summed E-state index contributed by atoms with van der Waals surface area (Å²) in [5.41, 5.74) is 1.87. The van der Waals surface area contributed by atoms with E-state index in [0.29, 0.717) is 11.1 Å². The number of hydrogen-bond acceptors (Lipinski definition) is 2. The van der Waals surface area contributed by atoms with Crippen molar-refractivity contribution in [1.29, 1.82) is 5.26 Å². The van der Waals surface area contributed by atoms with Crippen molar-refractivity contribution in [1.82, 2.24) is 0 Å². The molecular weight excluding hydrogens is 230 g/mol. The summed E-state index contributed by atoms with van der Waals surface area (Å²) in [7, 11) is 0. The van der Waals surface area contributed by atoms with Gasteiger partial charge in [0.2, 0.25) is 0 Å². The Labute approximate surface area is 85.3 Å². The van der Waals surface area contributed by atoms with Crippen molar-refractivity contribution in [3.63, 3.8) is 0 Å². The van der Waals surface area contributed by atoms with E-state index < -0.39 is 0 Å². The quantitative estimate of drug-likeness (QED) is 0.706. The summed E-state index contributed by atoms with van der Waals surface area (Å²) in [5, 5.41) is 8.77. The zero-order valence-corrected chi connectivity index (χ0v) is 8.97. The summed E-state index contributed by atoms with van der Waals surface area (Å²) in [6.07, 6.45) is 0. The number of halogens is 1. The van der Waals surface area contributed by atoms with Gasteiger partial charge in [-0.05, 0) is 31.5 Å². The fourth-order valence-corrected chi connectivity index (χ4v) is 1.41. The highest BCUT2D eigenvalue weighted by Crippen LogP contribution is 2.21. The second kappa shape index (κ2) is 3.71. The second-order valence-corrected chi connectivity index (χ2v) is 3.67. The number of nitrogens with zero attached hydrogens (tertiary/aromatic N) is 1. The summed E-state index contributed by atoms with van der Waals surface area (Å²) >= 11 is 3.32. The Morgan fingerprint density at radius 3 is 2.62 bits per heavy atom. The van der Waals surface area contributed by atoms with E-state index in [9.17, 15) is 4.79 Å². The first-order valence-corrected chi connectivity index (χ1v) is 4.56. The zero-order valence-electron chi connectivity index (χ0n) is 7.39. The van der Waals surface area contributed by atoms with Gasteiger partial charge in [0.25, 0.3) is 0 Å². The molecule has 0 saturated heterocycles. The predicted molar refractivity (Wildman–Crippen MR) is 53.6 cm³/mol. The van der Waals surface area contributed by atoms with Crippen LogP contribution in [-0.4, -0.2) is 5.78 Å². The van der Waals surface area contributed by atoms with E-state index in [-0.39, 0.29) is 5.78 Å². The normalized spacial score (nSPS) is 9.38. The number of hydrogen-bond donors (Lipinski definition) is 0. The van der Waals surface area contributed by atoms with Gasteiger partial charge in [0.05, 0.1) is 11.6 Å². The van der Waals surface area contributed by atoms with Gasteiger partial charge in [0.1, 0.15) is 0 Å². The Balaban J connectivity index is 3.44. The van der Waals surface area contributed by atoms with Crippen LogP contribution >= 0.6 is 15.9 Å². The van der Waals surface area contributed by atoms with E-state index in [1.54, 1.807) is 12.1 Å². The van der Waals surface area contributed by atoms with Gasteiger partial charge in [-0.3, -0.25) is 4.79 Å². The summed E-state index contributed by atoms with van der Waals surface area (Å²) in [4.78, 5) is 11.1. The topological polar surface area (TPSA) is 40.9 Å². The van der Waals surface area contributed by atoms with E-state index >= 15 is 0 Å². The van der Waals surface area contributed by atoms with Crippen LogP contribution in [-0.2, 0) is 0 Å². The highest BCUT2D eigenvalue weighted by atomic mass is 79.9. The molecule has 0 unspecified atom stereocenters. The zero-order chi connectivity index (χ0) is 10.0. The molecule has 1 aromatic carbocycles. The van der Waals surface area contributed by atoms with Crippen molar-refractivity contribution in [3.05, 3.63) is 33.3 Å². The smallest absolute Gasteiger partial charge is 0.161 e. The Morgan fingerprint density at radius 1 is 1.54 bits per heavy atom. The molecule has 0 bridgehead atoms. The number of nitriles is 1. The first kappa shape index (κ1) is 9.94. The molecule has 1 aromatic rings. The molecule has 3 heteroatoms. The molecule has 0 amide bonds. The van der Waals surface area contributed by atoms with Gasteiger partial charge in [-0.15, -0.1) is 0 Å². The van der Waals surface area contributed by atoms with Crippen molar-refractivity contribution in [2.24, 2.45) is 0 Å². The van der Waals surface area contributed by atoms with Crippen LogP contribution in [0.1, 0.15) is 28.4 Å². The molecule has 0 saturated carbocycles. The average Bonchev–Trinajstić information content (AvgIpc) is 2.08. The van der Waals surface area contributed by atoms with Gasteiger partial charge < -0.3 is 0 Å². The average molecular weight is 238 g/mol. The number of carbonyl (C=O) groups excluding carboxylic acids is 1. The van der Waals surface area contributed by atoms with E-state index in [1.807, 2.05) is 13.0 Å². The molecule has 0 heterocycles. The molecule has 0 spiro atoms. The molecule has 1 rings (SSSR count). The molecule has 0 atom stereocenters. The molecule has 0 aliphatic heterocycles. The molecule has 0 N–H and O–H groups in total. The molecule has 66 valence electrons. The number of rotatable bonds is 1. The number of benzene rings is 1. The maximum Gasteiger partial charge on any atom is 0.161 e. The largest absolute Gasteiger partial charge is 0.294 e. The van der Waals surface area contributed by atoms with Crippen LogP contribution in [0, 0.1) is 18.3 Å². The van der Waals surface area contributed by atoms with E-state index in [2.05, 4.69) is 15.9 Å². The molecule has 0 aliphatic carbocycles. The van der Waals surface area contributed by atoms with Crippen molar-refractivity contribution < 1.29 is 4.79 Å². The minimum atomic E-state index is -0.0859. The third-order valence-corrected chi connectivity index (χ3v) is 2.65. The van der Waals surface area contributed by atoms with E-state index in [4.69, 9.17) is 5.26 Å². The molecule has 2 nitrogen and oxygen atoms in total. The van der Waals surface area contributed by atoms with Crippen LogP contribution in [0.25, 0.3) is 0 Å².